The van der Waals surface area contributed by atoms with Gasteiger partial charge in [-0.05, 0) is 49.4 Å². The number of ether oxygens (including phenoxy) is 1. The van der Waals surface area contributed by atoms with Crippen molar-refractivity contribution in [1.29, 1.82) is 0 Å². The van der Waals surface area contributed by atoms with E-state index in [0.717, 1.165) is 16.6 Å². The zero-order valence-corrected chi connectivity index (χ0v) is 19.7. The Morgan fingerprint density at radius 2 is 1.84 bits per heavy atom. The first-order chi connectivity index (χ1) is 15.3. The fraction of sp³-hybridized carbons (Fsp3) is 0.0909. The molecule has 1 heterocycles. The van der Waals surface area contributed by atoms with Crippen LogP contribution in [0.25, 0.3) is 11.0 Å². The number of aromatic amines is 1. The van der Waals surface area contributed by atoms with Crippen LogP contribution in [0.4, 0.5) is 21.7 Å². The number of amides is 1. The van der Waals surface area contributed by atoms with Crippen LogP contribution in [0.5, 0.6) is 5.75 Å². The van der Waals surface area contributed by atoms with Gasteiger partial charge in [0.15, 0.2) is 0 Å². The molecule has 0 bridgehead atoms. The lowest BCUT2D eigenvalue weighted by molar-refractivity contribution is 0.102. The molecule has 4 rings (SSSR count). The van der Waals surface area contributed by atoms with E-state index in [0.29, 0.717) is 46.3 Å². The van der Waals surface area contributed by atoms with Crippen molar-refractivity contribution in [2.75, 3.05) is 17.2 Å². The number of aromatic nitrogens is 2. The normalized spacial score (nSPS) is 10.9. The minimum absolute atomic E-state index is 0.111. The molecule has 0 saturated carbocycles. The fourth-order valence-electron chi connectivity index (χ4n) is 3.06. The highest BCUT2D eigenvalue weighted by atomic mass is 79.9. The summed E-state index contributed by atoms with van der Waals surface area (Å²) in [5.41, 5.74) is 2.44. The van der Waals surface area contributed by atoms with Crippen LogP contribution in [-0.4, -0.2) is 22.5 Å². The Balaban J connectivity index is 1.67. The van der Waals surface area contributed by atoms with E-state index < -0.39 is 5.82 Å². The molecule has 0 aliphatic carbocycles. The van der Waals surface area contributed by atoms with Crippen molar-refractivity contribution in [3.63, 3.8) is 0 Å². The first kappa shape index (κ1) is 22.4. The number of hydrogen-bond donors (Lipinski definition) is 3. The quantitative estimate of drug-likeness (QED) is 0.243. The zero-order chi connectivity index (χ0) is 22.8. The van der Waals surface area contributed by atoms with Crippen molar-refractivity contribution in [2.24, 2.45) is 0 Å². The number of nitrogens with zero attached hydrogens (tertiary/aromatic N) is 1. The SMILES string of the molecule is CCOc1cc2[nH]c(Nc3c(Cl)cc(F)cc3Cl)nc2cc1C(=O)Nc1ccc(Br)cc1. The molecular weight excluding hydrogens is 522 g/mol. The minimum atomic E-state index is -0.544. The van der Waals surface area contributed by atoms with Crippen LogP contribution >= 0.6 is 39.1 Å². The van der Waals surface area contributed by atoms with Crippen molar-refractivity contribution in [2.45, 2.75) is 6.92 Å². The van der Waals surface area contributed by atoms with E-state index in [9.17, 15) is 9.18 Å². The second-order valence-electron chi connectivity index (χ2n) is 6.71. The second kappa shape index (κ2) is 9.36. The molecule has 0 unspecified atom stereocenters. The molecule has 32 heavy (non-hydrogen) atoms. The topological polar surface area (TPSA) is 79.0 Å². The van der Waals surface area contributed by atoms with Crippen LogP contribution in [0.2, 0.25) is 10.0 Å². The summed E-state index contributed by atoms with van der Waals surface area (Å²) in [5, 5.41) is 6.03. The molecular formula is C22H16BrCl2FN4O2. The number of H-pyrrole nitrogens is 1. The maximum atomic E-state index is 13.5. The maximum absolute atomic E-state index is 13.5. The molecule has 3 N–H and O–H groups in total. The van der Waals surface area contributed by atoms with Gasteiger partial charge >= 0.3 is 0 Å². The van der Waals surface area contributed by atoms with Gasteiger partial charge in [-0.1, -0.05) is 39.1 Å². The predicted molar refractivity (Wildman–Crippen MR) is 129 cm³/mol. The van der Waals surface area contributed by atoms with Crippen molar-refractivity contribution in [1.82, 2.24) is 9.97 Å². The van der Waals surface area contributed by atoms with E-state index in [1.807, 2.05) is 19.1 Å². The number of carbonyl (C=O) groups is 1. The van der Waals surface area contributed by atoms with Gasteiger partial charge in [-0.15, -0.1) is 0 Å². The van der Waals surface area contributed by atoms with E-state index in [1.165, 1.54) is 0 Å². The van der Waals surface area contributed by atoms with E-state index >= 15 is 0 Å². The number of halogens is 4. The lowest BCUT2D eigenvalue weighted by Crippen LogP contribution is -2.13. The Morgan fingerprint density at radius 1 is 1.16 bits per heavy atom. The second-order valence-corrected chi connectivity index (χ2v) is 8.44. The summed E-state index contributed by atoms with van der Waals surface area (Å²) in [6, 6.07) is 12.9. The van der Waals surface area contributed by atoms with Gasteiger partial charge in [0.2, 0.25) is 5.95 Å². The van der Waals surface area contributed by atoms with Crippen LogP contribution in [-0.2, 0) is 0 Å². The summed E-state index contributed by atoms with van der Waals surface area (Å²) < 4.78 is 20.0. The molecule has 6 nitrogen and oxygen atoms in total. The van der Waals surface area contributed by atoms with Gasteiger partial charge in [-0.3, -0.25) is 4.79 Å². The number of carbonyl (C=O) groups excluding carboxylic acids is 1. The molecule has 0 fully saturated rings. The smallest absolute Gasteiger partial charge is 0.259 e. The Labute approximate surface area is 201 Å². The predicted octanol–water partition coefficient (Wildman–Crippen LogP) is 7.17. The van der Waals surface area contributed by atoms with E-state index in [-0.39, 0.29) is 16.0 Å². The molecule has 0 radical (unpaired) electrons. The van der Waals surface area contributed by atoms with Gasteiger partial charge in [0.05, 0.1) is 38.9 Å². The number of rotatable bonds is 6. The molecule has 0 spiro atoms. The number of nitrogens with one attached hydrogen (secondary N) is 3. The average molecular weight is 538 g/mol. The Bertz CT molecular complexity index is 1290. The highest BCUT2D eigenvalue weighted by Gasteiger charge is 2.18. The van der Waals surface area contributed by atoms with Crippen LogP contribution in [0, 0.1) is 5.82 Å². The zero-order valence-electron chi connectivity index (χ0n) is 16.6. The van der Waals surface area contributed by atoms with Crippen molar-refractivity contribution in [3.8, 4) is 5.75 Å². The number of benzene rings is 3. The number of anilines is 3. The van der Waals surface area contributed by atoms with Gasteiger partial charge in [0.1, 0.15) is 11.6 Å². The largest absolute Gasteiger partial charge is 0.493 e. The Hall–Kier alpha value is -2.81. The van der Waals surface area contributed by atoms with Crippen molar-refractivity contribution in [3.05, 3.63) is 74.4 Å². The lowest BCUT2D eigenvalue weighted by atomic mass is 10.1. The Morgan fingerprint density at radius 3 is 2.50 bits per heavy atom. The number of hydrogen-bond acceptors (Lipinski definition) is 4. The molecule has 0 atom stereocenters. The fourth-order valence-corrected chi connectivity index (χ4v) is 3.88. The summed E-state index contributed by atoms with van der Waals surface area (Å²) in [5.74, 6) is -0.149. The summed E-state index contributed by atoms with van der Waals surface area (Å²) in [4.78, 5) is 20.5. The van der Waals surface area contributed by atoms with Crippen LogP contribution < -0.4 is 15.4 Å². The van der Waals surface area contributed by atoms with Gasteiger partial charge in [0.25, 0.3) is 5.91 Å². The molecule has 4 aromatic rings. The summed E-state index contributed by atoms with van der Waals surface area (Å²) >= 11 is 15.6. The van der Waals surface area contributed by atoms with Crippen molar-refractivity contribution < 1.29 is 13.9 Å². The highest BCUT2D eigenvalue weighted by Crippen LogP contribution is 2.34. The van der Waals surface area contributed by atoms with Gasteiger partial charge in [-0.25, -0.2) is 9.37 Å². The maximum Gasteiger partial charge on any atom is 0.259 e. The summed E-state index contributed by atoms with van der Waals surface area (Å²) in [7, 11) is 0. The molecule has 0 saturated heterocycles. The minimum Gasteiger partial charge on any atom is -0.493 e. The third kappa shape index (κ3) is 4.82. The first-order valence-electron chi connectivity index (χ1n) is 9.49. The van der Waals surface area contributed by atoms with Crippen LogP contribution in [0.15, 0.2) is 53.0 Å². The summed E-state index contributed by atoms with van der Waals surface area (Å²) in [6.07, 6.45) is 0. The third-order valence-corrected chi connectivity index (χ3v) is 5.60. The number of fused-ring (bicyclic) bond motifs is 1. The van der Waals surface area contributed by atoms with E-state index in [2.05, 4.69) is 36.5 Å². The molecule has 3 aromatic carbocycles. The lowest BCUT2D eigenvalue weighted by Gasteiger charge is -2.11. The van der Waals surface area contributed by atoms with E-state index in [1.54, 1.807) is 24.3 Å². The molecule has 0 aliphatic heterocycles. The average Bonchev–Trinajstić information content (AvgIpc) is 3.13. The molecule has 0 aliphatic rings. The number of imidazole rings is 1. The Kier molecular flexibility index (Phi) is 6.55. The molecule has 1 aromatic heterocycles. The van der Waals surface area contributed by atoms with Gasteiger partial charge in [-0.2, -0.15) is 0 Å². The molecule has 164 valence electrons. The monoisotopic (exact) mass is 536 g/mol. The third-order valence-electron chi connectivity index (χ3n) is 4.48. The van der Waals surface area contributed by atoms with Crippen molar-refractivity contribution >= 4 is 73.4 Å². The van der Waals surface area contributed by atoms with Crippen LogP contribution in [0.3, 0.4) is 0 Å². The van der Waals surface area contributed by atoms with Gasteiger partial charge in [0, 0.05) is 16.2 Å². The summed E-state index contributed by atoms with van der Waals surface area (Å²) in [6.45, 7) is 2.21. The first-order valence-corrected chi connectivity index (χ1v) is 11.0. The van der Waals surface area contributed by atoms with Crippen LogP contribution in [0.1, 0.15) is 17.3 Å². The highest BCUT2D eigenvalue weighted by molar-refractivity contribution is 9.10. The van der Waals surface area contributed by atoms with E-state index in [4.69, 9.17) is 27.9 Å². The standard InChI is InChI=1S/C22H16BrCl2FN4O2/c1-2-32-19-10-18-17(9-14(19)21(31)27-13-5-3-11(23)4-6-13)28-22(29-18)30-20-15(24)7-12(26)8-16(20)25/h3-10H,2H2,1H3,(H,27,31)(H2,28,29,30). The molecule has 1 amide bonds. The molecule has 10 heteroatoms. The van der Waals surface area contributed by atoms with Gasteiger partial charge < -0.3 is 20.4 Å².